The molecule has 2 rings (SSSR count). The average Bonchev–Trinajstić information content (AvgIpc) is 2.64. The summed E-state index contributed by atoms with van der Waals surface area (Å²) in [5.74, 6) is 0.879. The van der Waals surface area contributed by atoms with Gasteiger partial charge in [-0.05, 0) is 31.6 Å². The first-order chi connectivity index (χ1) is 7.24. The van der Waals surface area contributed by atoms with Crippen molar-refractivity contribution in [1.82, 2.24) is 4.98 Å². The molecule has 0 bridgehead atoms. The fourth-order valence-corrected chi connectivity index (χ4v) is 2.59. The fraction of sp³-hybridized carbons (Fsp3) is 0.727. The lowest BCUT2D eigenvalue weighted by Crippen LogP contribution is -2.20. The molecule has 0 saturated heterocycles. The molecule has 0 aliphatic heterocycles. The first kappa shape index (κ1) is 10.9. The van der Waals surface area contributed by atoms with Crippen LogP contribution < -0.4 is 5.73 Å². The maximum atomic E-state index is 5.85. The van der Waals surface area contributed by atoms with E-state index in [1.807, 2.05) is 6.20 Å². The van der Waals surface area contributed by atoms with E-state index in [0.29, 0.717) is 17.8 Å². The summed E-state index contributed by atoms with van der Waals surface area (Å²) in [6, 6.07) is 0. The predicted molar refractivity (Wildman–Crippen MR) is 62.7 cm³/mol. The summed E-state index contributed by atoms with van der Waals surface area (Å²) >= 11 is 1.52. The lowest BCUT2D eigenvalue weighted by Gasteiger charge is -2.25. The summed E-state index contributed by atoms with van der Waals surface area (Å²) in [6.45, 7) is 2.99. The van der Waals surface area contributed by atoms with Crippen molar-refractivity contribution in [2.45, 2.75) is 45.3 Å². The van der Waals surface area contributed by atoms with Gasteiger partial charge < -0.3 is 10.5 Å². The molecule has 0 spiro atoms. The summed E-state index contributed by atoms with van der Waals surface area (Å²) in [6.07, 6.45) is 7.27. The molecule has 0 aromatic carbocycles. The highest BCUT2D eigenvalue weighted by Crippen LogP contribution is 2.26. The molecule has 15 heavy (non-hydrogen) atoms. The molecule has 0 radical (unpaired) electrons. The molecule has 1 aromatic heterocycles. The Bertz CT molecular complexity index is 305. The zero-order chi connectivity index (χ0) is 10.7. The van der Waals surface area contributed by atoms with Crippen molar-refractivity contribution < 1.29 is 4.74 Å². The number of aromatic nitrogens is 1. The molecule has 1 heterocycles. The maximum absolute atomic E-state index is 5.85. The van der Waals surface area contributed by atoms with E-state index >= 15 is 0 Å². The molecule has 1 fully saturated rings. The lowest BCUT2D eigenvalue weighted by molar-refractivity contribution is 0.00997. The number of nitrogens with two attached hydrogens (primary N) is 1. The summed E-state index contributed by atoms with van der Waals surface area (Å²) in [5, 5.41) is 0.630. The van der Waals surface area contributed by atoms with Crippen LogP contribution in [0.1, 0.15) is 37.5 Å². The number of nitrogens with zero attached hydrogens (tertiary/aromatic N) is 1. The Labute approximate surface area is 94.7 Å². The van der Waals surface area contributed by atoms with E-state index in [1.165, 1.54) is 37.0 Å². The van der Waals surface area contributed by atoms with E-state index in [4.69, 9.17) is 10.5 Å². The van der Waals surface area contributed by atoms with Crippen molar-refractivity contribution in [3.8, 4) is 0 Å². The van der Waals surface area contributed by atoms with Gasteiger partial charge >= 0.3 is 0 Å². The van der Waals surface area contributed by atoms with Crippen molar-refractivity contribution in [3.05, 3.63) is 11.1 Å². The minimum absolute atomic E-state index is 0.449. The third-order valence-electron chi connectivity index (χ3n) is 3.00. The number of hydrogen-bond donors (Lipinski definition) is 1. The Kier molecular flexibility index (Phi) is 3.59. The van der Waals surface area contributed by atoms with Crippen LogP contribution in [0, 0.1) is 5.92 Å². The molecule has 84 valence electrons. The van der Waals surface area contributed by atoms with Gasteiger partial charge in [-0.25, -0.2) is 4.98 Å². The highest BCUT2D eigenvalue weighted by atomic mass is 32.1. The largest absolute Gasteiger partial charge is 0.375 e. The first-order valence-electron chi connectivity index (χ1n) is 5.56. The van der Waals surface area contributed by atoms with Crippen LogP contribution in [0.4, 0.5) is 5.13 Å². The standard InChI is InChI=1S/C11H18N2OS/c1-8-2-4-9(5-3-8)14-7-10-6-13-11(12)15-10/h6,8-9H,2-5,7H2,1H3,(H2,12,13). The van der Waals surface area contributed by atoms with E-state index in [9.17, 15) is 0 Å². The number of ether oxygens (including phenoxy) is 1. The lowest BCUT2D eigenvalue weighted by atomic mass is 9.89. The Hall–Kier alpha value is -0.610. The summed E-state index contributed by atoms with van der Waals surface area (Å²) in [5.41, 5.74) is 5.56. The number of thiazole rings is 1. The molecule has 1 saturated carbocycles. The van der Waals surface area contributed by atoms with Crippen LogP contribution in [0.2, 0.25) is 0 Å². The van der Waals surface area contributed by atoms with E-state index in [2.05, 4.69) is 11.9 Å². The predicted octanol–water partition coefficient (Wildman–Crippen LogP) is 2.82. The summed E-state index contributed by atoms with van der Waals surface area (Å²) in [7, 11) is 0. The third-order valence-corrected chi connectivity index (χ3v) is 3.80. The monoisotopic (exact) mass is 226 g/mol. The van der Waals surface area contributed by atoms with Gasteiger partial charge in [0.25, 0.3) is 0 Å². The Morgan fingerprint density at radius 1 is 1.47 bits per heavy atom. The molecule has 0 unspecified atom stereocenters. The molecule has 4 heteroatoms. The molecule has 1 aliphatic rings. The van der Waals surface area contributed by atoms with Crippen molar-refractivity contribution in [1.29, 1.82) is 0 Å². The zero-order valence-corrected chi connectivity index (χ0v) is 9.93. The second-order valence-corrected chi connectivity index (χ2v) is 5.50. The van der Waals surface area contributed by atoms with Gasteiger partial charge in [0, 0.05) is 6.20 Å². The fourth-order valence-electron chi connectivity index (χ4n) is 1.99. The topological polar surface area (TPSA) is 48.1 Å². The first-order valence-corrected chi connectivity index (χ1v) is 6.37. The molecule has 1 aliphatic carbocycles. The highest BCUT2D eigenvalue weighted by Gasteiger charge is 2.18. The Morgan fingerprint density at radius 2 is 2.20 bits per heavy atom. The number of anilines is 1. The van der Waals surface area contributed by atoms with Crippen LogP contribution in [0.15, 0.2) is 6.20 Å². The highest BCUT2D eigenvalue weighted by molar-refractivity contribution is 7.15. The van der Waals surface area contributed by atoms with Crippen LogP contribution in [-0.2, 0) is 11.3 Å². The zero-order valence-electron chi connectivity index (χ0n) is 9.11. The minimum Gasteiger partial charge on any atom is -0.375 e. The SMILES string of the molecule is CC1CCC(OCc2cnc(N)s2)CC1. The van der Waals surface area contributed by atoms with Crippen LogP contribution in [0.25, 0.3) is 0 Å². The number of hydrogen-bond acceptors (Lipinski definition) is 4. The molecule has 2 N–H and O–H groups in total. The van der Waals surface area contributed by atoms with Crippen molar-refractivity contribution in [2.24, 2.45) is 5.92 Å². The van der Waals surface area contributed by atoms with E-state index in [1.54, 1.807) is 0 Å². The van der Waals surface area contributed by atoms with Crippen LogP contribution in [0.5, 0.6) is 0 Å². The van der Waals surface area contributed by atoms with Gasteiger partial charge in [-0.2, -0.15) is 0 Å². The van der Waals surface area contributed by atoms with Gasteiger partial charge in [-0.1, -0.05) is 18.3 Å². The van der Waals surface area contributed by atoms with Crippen LogP contribution >= 0.6 is 11.3 Å². The van der Waals surface area contributed by atoms with E-state index in [-0.39, 0.29) is 0 Å². The normalized spacial score (nSPS) is 26.7. The average molecular weight is 226 g/mol. The molecule has 1 aromatic rings. The second-order valence-electron chi connectivity index (χ2n) is 4.36. The Balaban J connectivity index is 1.74. The maximum Gasteiger partial charge on any atom is 0.180 e. The summed E-state index contributed by atoms with van der Waals surface area (Å²) in [4.78, 5) is 5.14. The van der Waals surface area contributed by atoms with Gasteiger partial charge in [0.15, 0.2) is 5.13 Å². The molecule has 0 atom stereocenters. The number of nitrogen functional groups attached to an aromatic ring is 1. The molecule has 0 amide bonds. The molecular formula is C11H18N2OS. The van der Waals surface area contributed by atoms with Gasteiger partial charge in [-0.15, -0.1) is 0 Å². The summed E-state index contributed by atoms with van der Waals surface area (Å²) < 4.78 is 5.85. The minimum atomic E-state index is 0.449. The molecule has 3 nitrogen and oxygen atoms in total. The smallest absolute Gasteiger partial charge is 0.180 e. The molecular weight excluding hydrogens is 208 g/mol. The van der Waals surface area contributed by atoms with E-state index in [0.717, 1.165) is 10.8 Å². The van der Waals surface area contributed by atoms with Crippen molar-refractivity contribution >= 4 is 16.5 Å². The van der Waals surface area contributed by atoms with Gasteiger partial charge in [0.05, 0.1) is 17.6 Å². The number of rotatable bonds is 3. The van der Waals surface area contributed by atoms with Crippen molar-refractivity contribution in [3.63, 3.8) is 0 Å². The second kappa shape index (κ2) is 4.94. The third kappa shape index (κ3) is 3.18. The Morgan fingerprint density at radius 3 is 2.80 bits per heavy atom. The van der Waals surface area contributed by atoms with Crippen molar-refractivity contribution in [2.75, 3.05) is 5.73 Å². The quantitative estimate of drug-likeness (QED) is 0.862. The van der Waals surface area contributed by atoms with Crippen LogP contribution in [0.3, 0.4) is 0 Å². The van der Waals surface area contributed by atoms with Gasteiger partial charge in [-0.3, -0.25) is 0 Å². The van der Waals surface area contributed by atoms with Gasteiger partial charge in [0.1, 0.15) is 0 Å². The van der Waals surface area contributed by atoms with E-state index < -0.39 is 0 Å². The van der Waals surface area contributed by atoms with Gasteiger partial charge in [0.2, 0.25) is 0 Å². The van der Waals surface area contributed by atoms with Crippen LogP contribution in [-0.4, -0.2) is 11.1 Å².